The molecule has 0 aliphatic rings. The van der Waals surface area contributed by atoms with Crippen LogP contribution in [-0.2, 0) is 16.6 Å². The molecule has 0 aliphatic carbocycles. The normalized spacial score (nSPS) is 11.6. The number of hydrogen-bond donors (Lipinski definition) is 3. The first kappa shape index (κ1) is 26.4. The fourth-order valence-corrected chi connectivity index (χ4v) is 3.76. The van der Waals surface area contributed by atoms with E-state index in [9.17, 15) is 28.3 Å². The standard InChI is InChI=1S/C26H27F2N3O5/c1-5-36-23(33)13-21(29-26(35)30-24-22(32)10-15(3)31(4)25(24)34)17-9-14(2)8-16(11-17)19-7-6-18(27)12-20(19)28/h6-12,21,32H,5,13H2,1-4H3,(H2,29,30,35)/t21-/m0/s1. The second-order valence-electron chi connectivity index (χ2n) is 8.33. The summed E-state index contributed by atoms with van der Waals surface area (Å²) in [6.07, 6.45) is -0.256. The lowest BCUT2D eigenvalue weighted by atomic mass is 9.95. The second kappa shape index (κ2) is 11.0. The molecule has 2 aromatic carbocycles. The quantitative estimate of drug-likeness (QED) is 0.416. The molecule has 0 aliphatic heterocycles. The van der Waals surface area contributed by atoms with E-state index in [0.717, 1.165) is 12.1 Å². The lowest BCUT2D eigenvalue weighted by Crippen LogP contribution is -2.36. The smallest absolute Gasteiger partial charge is 0.319 e. The van der Waals surface area contributed by atoms with Gasteiger partial charge in [0.25, 0.3) is 5.56 Å². The molecule has 10 heteroatoms. The van der Waals surface area contributed by atoms with Crippen LogP contribution in [0.2, 0.25) is 0 Å². The van der Waals surface area contributed by atoms with Crippen LogP contribution >= 0.6 is 0 Å². The number of rotatable bonds is 7. The van der Waals surface area contributed by atoms with Crippen LogP contribution in [0.15, 0.2) is 47.3 Å². The molecule has 0 saturated carbocycles. The number of nitrogens with zero attached hydrogens (tertiary/aromatic N) is 1. The van der Waals surface area contributed by atoms with E-state index in [4.69, 9.17) is 4.74 Å². The first-order valence-electron chi connectivity index (χ1n) is 11.2. The molecule has 0 unspecified atom stereocenters. The molecular weight excluding hydrogens is 472 g/mol. The van der Waals surface area contributed by atoms with Gasteiger partial charge < -0.3 is 25.0 Å². The van der Waals surface area contributed by atoms with Gasteiger partial charge in [-0.1, -0.05) is 17.7 Å². The van der Waals surface area contributed by atoms with E-state index in [0.29, 0.717) is 22.4 Å². The Morgan fingerprint density at radius 2 is 1.83 bits per heavy atom. The van der Waals surface area contributed by atoms with Gasteiger partial charge in [0.15, 0.2) is 5.69 Å². The van der Waals surface area contributed by atoms with E-state index in [-0.39, 0.29) is 24.3 Å². The zero-order valence-corrected chi connectivity index (χ0v) is 20.3. The topological polar surface area (TPSA) is 110 Å². The van der Waals surface area contributed by atoms with Gasteiger partial charge >= 0.3 is 12.0 Å². The Morgan fingerprint density at radius 3 is 2.50 bits per heavy atom. The van der Waals surface area contributed by atoms with Gasteiger partial charge in [0, 0.05) is 30.4 Å². The molecule has 3 rings (SSSR count). The number of hydrogen-bond acceptors (Lipinski definition) is 5. The number of urea groups is 1. The third-order valence-corrected chi connectivity index (χ3v) is 5.61. The van der Waals surface area contributed by atoms with Crippen LogP contribution in [-0.4, -0.2) is 28.3 Å². The summed E-state index contributed by atoms with van der Waals surface area (Å²) >= 11 is 0. The number of ether oxygens (including phenoxy) is 1. The van der Waals surface area contributed by atoms with Crippen molar-refractivity contribution in [2.75, 3.05) is 11.9 Å². The molecule has 1 atom stereocenters. The Morgan fingerprint density at radius 1 is 1.11 bits per heavy atom. The predicted octanol–water partition coefficient (Wildman–Crippen LogP) is 4.47. The highest BCUT2D eigenvalue weighted by Gasteiger charge is 2.22. The average Bonchev–Trinajstić information content (AvgIpc) is 2.80. The molecule has 3 aromatic rings. The van der Waals surface area contributed by atoms with E-state index >= 15 is 0 Å². The summed E-state index contributed by atoms with van der Waals surface area (Å²) in [7, 11) is 1.49. The van der Waals surface area contributed by atoms with Crippen molar-refractivity contribution in [2.45, 2.75) is 33.2 Å². The summed E-state index contributed by atoms with van der Waals surface area (Å²) in [6.45, 7) is 5.15. The maximum Gasteiger partial charge on any atom is 0.319 e. The Kier molecular flexibility index (Phi) is 8.08. The summed E-state index contributed by atoms with van der Waals surface area (Å²) in [4.78, 5) is 37.6. The van der Waals surface area contributed by atoms with Crippen molar-refractivity contribution in [3.63, 3.8) is 0 Å². The number of anilines is 1. The highest BCUT2D eigenvalue weighted by atomic mass is 19.1. The van der Waals surface area contributed by atoms with Crippen molar-refractivity contribution in [3.8, 4) is 16.9 Å². The van der Waals surface area contributed by atoms with E-state index in [1.165, 1.54) is 23.7 Å². The highest BCUT2D eigenvalue weighted by Crippen LogP contribution is 2.29. The predicted molar refractivity (Wildman–Crippen MR) is 131 cm³/mol. The Bertz CT molecular complexity index is 1370. The molecule has 36 heavy (non-hydrogen) atoms. The number of pyridine rings is 1. The van der Waals surface area contributed by atoms with Crippen molar-refractivity contribution in [1.82, 2.24) is 9.88 Å². The van der Waals surface area contributed by atoms with Crippen LogP contribution in [0.1, 0.15) is 36.2 Å². The molecule has 8 nitrogen and oxygen atoms in total. The van der Waals surface area contributed by atoms with Gasteiger partial charge in [-0.05, 0) is 50.1 Å². The number of aromatic hydroxyl groups is 1. The summed E-state index contributed by atoms with van der Waals surface area (Å²) in [5.41, 5.74) is 1.27. The van der Waals surface area contributed by atoms with Gasteiger partial charge in [0.05, 0.1) is 19.1 Å². The number of carbonyl (C=O) groups excluding carboxylic acids is 2. The SMILES string of the molecule is CCOC(=O)C[C@H](NC(=O)Nc1c(O)cc(C)n(C)c1=O)c1cc(C)cc(-c2ccc(F)cc2F)c1. The highest BCUT2D eigenvalue weighted by molar-refractivity contribution is 5.91. The number of esters is 1. The van der Waals surface area contributed by atoms with Crippen LogP contribution < -0.4 is 16.2 Å². The van der Waals surface area contributed by atoms with Gasteiger partial charge in [-0.3, -0.25) is 9.59 Å². The maximum atomic E-state index is 14.5. The Labute approximate surface area is 206 Å². The van der Waals surface area contributed by atoms with Crippen molar-refractivity contribution in [3.05, 3.63) is 81.3 Å². The number of aromatic nitrogens is 1. The molecule has 0 spiro atoms. The van der Waals surface area contributed by atoms with Gasteiger partial charge in [0.2, 0.25) is 0 Å². The fourth-order valence-electron chi connectivity index (χ4n) is 3.76. The summed E-state index contributed by atoms with van der Waals surface area (Å²) in [5, 5.41) is 15.1. The van der Waals surface area contributed by atoms with Gasteiger partial charge in [-0.2, -0.15) is 0 Å². The largest absolute Gasteiger partial charge is 0.505 e. The average molecular weight is 500 g/mol. The summed E-state index contributed by atoms with van der Waals surface area (Å²) < 4.78 is 34.1. The zero-order chi connectivity index (χ0) is 26.6. The Balaban J connectivity index is 1.97. The third kappa shape index (κ3) is 6.07. The first-order valence-corrected chi connectivity index (χ1v) is 11.2. The number of halogens is 2. The zero-order valence-electron chi connectivity index (χ0n) is 20.3. The summed E-state index contributed by atoms with van der Waals surface area (Å²) in [6, 6.07) is 7.74. The number of nitrogens with one attached hydrogen (secondary N) is 2. The van der Waals surface area contributed by atoms with Crippen LogP contribution in [0.4, 0.5) is 19.3 Å². The number of aryl methyl sites for hydroxylation is 2. The first-order chi connectivity index (χ1) is 17.0. The fraction of sp³-hybridized carbons (Fsp3) is 0.269. The molecule has 1 heterocycles. The van der Waals surface area contributed by atoms with E-state index in [1.807, 2.05) is 0 Å². The minimum absolute atomic E-state index is 0.130. The molecule has 3 N–H and O–H groups in total. The molecule has 0 fully saturated rings. The molecular formula is C26H27F2N3O5. The van der Waals surface area contributed by atoms with Gasteiger partial charge in [-0.15, -0.1) is 0 Å². The molecule has 0 saturated heterocycles. The lowest BCUT2D eigenvalue weighted by molar-refractivity contribution is -0.143. The van der Waals surface area contributed by atoms with Crippen molar-refractivity contribution < 1.29 is 28.2 Å². The third-order valence-electron chi connectivity index (χ3n) is 5.61. The van der Waals surface area contributed by atoms with E-state index in [1.54, 1.807) is 39.0 Å². The van der Waals surface area contributed by atoms with Crippen molar-refractivity contribution in [1.29, 1.82) is 0 Å². The Hall–Kier alpha value is -4.21. The number of carbonyl (C=O) groups is 2. The monoisotopic (exact) mass is 499 g/mol. The van der Waals surface area contributed by atoms with Crippen LogP contribution in [0.25, 0.3) is 11.1 Å². The molecule has 2 amide bonds. The van der Waals surface area contributed by atoms with Gasteiger partial charge in [0.1, 0.15) is 17.4 Å². The van der Waals surface area contributed by atoms with E-state index < -0.39 is 41.0 Å². The number of benzene rings is 2. The molecule has 190 valence electrons. The van der Waals surface area contributed by atoms with Crippen LogP contribution in [0.5, 0.6) is 5.75 Å². The minimum Gasteiger partial charge on any atom is -0.505 e. The molecule has 0 radical (unpaired) electrons. The van der Waals surface area contributed by atoms with Gasteiger partial charge in [-0.25, -0.2) is 13.6 Å². The molecule has 0 bridgehead atoms. The van der Waals surface area contributed by atoms with Crippen molar-refractivity contribution >= 4 is 17.7 Å². The second-order valence-corrected chi connectivity index (χ2v) is 8.33. The molecule has 1 aromatic heterocycles. The van der Waals surface area contributed by atoms with Crippen LogP contribution in [0, 0.1) is 25.5 Å². The van der Waals surface area contributed by atoms with Crippen molar-refractivity contribution in [2.24, 2.45) is 7.05 Å². The summed E-state index contributed by atoms with van der Waals surface area (Å²) in [5.74, 6) is -2.47. The lowest BCUT2D eigenvalue weighted by Gasteiger charge is -2.21. The van der Waals surface area contributed by atoms with E-state index in [2.05, 4.69) is 10.6 Å². The number of amides is 2. The maximum absolute atomic E-state index is 14.5. The van der Waals surface area contributed by atoms with Crippen LogP contribution in [0.3, 0.4) is 0 Å². The minimum atomic E-state index is -0.928.